The maximum atomic E-state index is 13.8. The number of likely N-dealkylation sites (tertiary alicyclic amines) is 1. The Morgan fingerprint density at radius 2 is 1.95 bits per heavy atom. The Morgan fingerprint density at radius 1 is 1.17 bits per heavy atom. The molecule has 0 aliphatic carbocycles. The SMILES string of the molecule is CCCC1(C(=O)NCc2cc(F)cc(C(F)(F)F)c2)CCC(N2CCC[C@H](Oc3ccc(F)c(C(=O)O)c3)C2)CO1. The molecule has 0 spiro atoms. The second-order valence-electron chi connectivity index (χ2n) is 10.6. The number of piperidine rings is 1. The van der Waals surface area contributed by atoms with E-state index in [1.807, 2.05) is 6.92 Å². The largest absolute Gasteiger partial charge is 0.489 e. The Hall–Kier alpha value is -3.25. The lowest BCUT2D eigenvalue weighted by Gasteiger charge is -2.44. The fraction of sp³-hybridized carbons (Fsp3) is 0.517. The molecule has 0 aromatic heterocycles. The first kappa shape index (κ1) is 30.7. The highest BCUT2D eigenvalue weighted by molar-refractivity contribution is 5.88. The number of hydrogen-bond donors (Lipinski definition) is 2. The van der Waals surface area contributed by atoms with E-state index in [0.29, 0.717) is 38.3 Å². The molecule has 4 rings (SSSR count). The highest BCUT2D eigenvalue weighted by Gasteiger charge is 2.44. The van der Waals surface area contributed by atoms with Gasteiger partial charge in [0.2, 0.25) is 0 Å². The summed E-state index contributed by atoms with van der Waals surface area (Å²) in [5.74, 6) is -3.42. The third kappa shape index (κ3) is 7.53. The summed E-state index contributed by atoms with van der Waals surface area (Å²) in [6, 6.07) is 5.83. The number of carbonyl (C=O) groups excluding carboxylic acids is 1. The molecule has 2 aliphatic rings. The van der Waals surface area contributed by atoms with Gasteiger partial charge in [0, 0.05) is 19.1 Å². The lowest BCUT2D eigenvalue weighted by atomic mass is 9.86. The molecule has 2 aromatic carbocycles. The number of aromatic carboxylic acids is 1. The summed E-state index contributed by atoms with van der Waals surface area (Å²) in [6.07, 6.45) is -1.28. The Morgan fingerprint density at radius 3 is 2.61 bits per heavy atom. The van der Waals surface area contributed by atoms with Crippen molar-refractivity contribution >= 4 is 11.9 Å². The number of alkyl halides is 3. The number of amides is 1. The molecule has 3 atom stereocenters. The van der Waals surface area contributed by atoms with Crippen LogP contribution in [-0.2, 0) is 22.3 Å². The summed E-state index contributed by atoms with van der Waals surface area (Å²) >= 11 is 0. The zero-order valence-electron chi connectivity index (χ0n) is 22.6. The van der Waals surface area contributed by atoms with Crippen molar-refractivity contribution in [2.45, 2.75) is 75.9 Å². The van der Waals surface area contributed by atoms with Gasteiger partial charge in [-0.1, -0.05) is 13.3 Å². The van der Waals surface area contributed by atoms with Crippen LogP contribution in [0.15, 0.2) is 36.4 Å². The summed E-state index contributed by atoms with van der Waals surface area (Å²) < 4.78 is 78.9. The third-order valence-corrected chi connectivity index (χ3v) is 7.64. The number of carbonyl (C=O) groups is 2. The van der Waals surface area contributed by atoms with Crippen LogP contribution >= 0.6 is 0 Å². The average Bonchev–Trinajstić information content (AvgIpc) is 2.92. The molecule has 7 nitrogen and oxygen atoms in total. The normalized spacial score (nSPS) is 23.7. The Bertz CT molecular complexity index is 1250. The number of rotatable bonds is 9. The molecule has 2 N–H and O–H groups in total. The van der Waals surface area contributed by atoms with Crippen molar-refractivity contribution in [2.24, 2.45) is 0 Å². The molecule has 224 valence electrons. The molecule has 2 unspecified atom stereocenters. The first-order chi connectivity index (χ1) is 19.4. The molecule has 0 saturated carbocycles. The van der Waals surface area contributed by atoms with Crippen molar-refractivity contribution < 1.29 is 46.1 Å². The smallest absolute Gasteiger partial charge is 0.416 e. The van der Waals surface area contributed by atoms with E-state index in [1.165, 1.54) is 12.1 Å². The summed E-state index contributed by atoms with van der Waals surface area (Å²) in [5, 5.41) is 11.8. The van der Waals surface area contributed by atoms with Gasteiger partial charge in [-0.2, -0.15) is 13.2 Å². The van der Waals surface area contributed by atoms with Crippen LogP contribution in [0.5, 0.6) is 5.75 Å². The second-order valence-corrected chi connectivity index (χ2v) is 10.6. The number of carboxylic acid groups (broad SMARTS) is 1. The van der Waals surface area contributed by atoms with Gasteiger partial charge in [0.25, 0.3) is 5.91 Å². The van der Waals surface area contributed by atoms with Gasteiger partial charge in [0.05, 0.1) is 17.7 Å². The van der Waals surface area contributed by atoms with Crippen LogP contribution in [0.25, 0.3) is 0 Å². The summed E-state index contributed by atoms with van der Waals surface area (Å²) in [5.41, 5.74) is -2.72. The minimum absolute atomic E-state index is 0.000424. The van der Waals surface area contributed by atoms with Gasteiger partial charge in [0.1, 0.15) is 29.1 Å². The Labute approximate surface area is 234 Å². The standard InChI is InChI=1S/C29H33F5N2O5/c1-2-8-28(27(39)35-15-18-11-19(29(32,33)34)13-20(30)12-18)9-7-21(17-40-28)36-10-3-4-23(16-36)41-22-5-6-25(31)24(14-22)26(37)38/h5-6,11-14,21,23H,2-4,7-10,15-17H2,1H3,(H,35,39)(H,37,38)/t21?,23-,28?/m0/s1. The Kier molecular flexibility index (Phi) is 9.53. The summed E-state index contributed by atoms with van der Waals surface area (Å²) in [6.45, 7) is 3.23. The van der Waals surface area contributed by atoms with Crippen LogP contribution < -0.4 is 10.1 Å². The first-order valence-electron chi connectivity index (χ1n) is 13.6. The van der Waals surface area contributed by atoms with E-state index in [1.54, 1.807) is 0 Å². The number of halogens is 5. The zero-order valence-corrected chi connectivity index (χ0v) is 22.6. The molecule has 2 heterocycles. The highest BCUT2D eigenvalue weighted by atomic mass is 19.4. The number of hydrogen-bond acceptors (Lipinski definition) is 5. The number of ether oxygens (including phenoxy) is 2. The first-order valence-corrected chi connectivity index (χ1v) is 13.6. The van der Waals surface area contributed by atoms with Crippen molar-refractivity contribution in [3.8, 4) is 5.75 Å². The van der Waals surface area contributed by atoms with Gasteiger partial charge in [-0.3, -0.25) is 9.69 Å². The molecule has 1 amide bonds. The molecule has 41 heavy (non-hydrogen) atoms. The maximum Gasteiger partial charge on any atom is 0.416 e. The van der Waals surface area contributed by atoms with E-state index in [9.17, 15) is 31.5 Å². The van der Waals surface area contributed by atoms with E-state index >= 15 is 0 Å². The van der Waals surface area contributed by atoms with Gasteiger partial charge < -0.3 is 19.9 Å². The van der Waals surface area contributed by atoms with Crippen LogP contribution in [0.2, 0.25) is 0 Å². The molecule has 2 aliphatic heterocycles. The van der Waals surface area contributed by atoms with Gasteiger partial charge in [-0.05, 0) is 80.6 Å². The summed E-state index contributed by atoms with van der Waals surface area (Å²) in [4.78, 5) is 26.7. The molecule has 0 radical (unpaired) electrons. The lowest BCUT2D eigenvalue weighted by molar-refractivity contribution is -0.163. The monoisotopic (exact) mass is 584 g/mol. The topological polar surface area (TPSA) is 88.1 Å². The molecule has 2 fully saturated rings. The predicted molar refractivity (Wildman–Crippen MR) is 138 cm³/mol. The number of nitrogens with one attached hydrogen (secondary N) is 1. The quantitative estimate of drug-likeness (QED) is 0.376. The van der Waals surface area contributed by atoms with E-state index in [2.05, 4.69) is 10.2 Å². The van der Waals surface area contributed by atoms with Gasteiger partial charge in [-0.15, -0.1) is 0 Å². The van der Waals surface area contributed by atoms with Crippen LogP contribution in [-0.4, -0.2) is 59.3 Å². The van der Waals surface area contributed by atoms with Crippen LogP contribution in [0, 0.1) is 11.6 Å². The van der Waals surface area contributed by atoms with Crippen molar-refractivity contribution in [3.63, 3.8) is 0 Å². The molecular weight excluding hydrogens is 551 g/mol. The van der Waals surface area contributed by atoms with E-state index in [-0.39, 0.29) is 36.6 Å². The van der Waals surface area contributed by atoms with Crippen LogP contribution in [0.4, 0.5) is 22.0 Å². The van der Waals surface area contributed by atoms with Gasteiger partial charge in [0.15, 0.2) is 0 Å². The van der Waals surface area contributed by atoms with E-state index in [4.69, 9.17) is 14.6 Å². The Balaban J connectivity index is 1.35. The van der Waals surface area contributed by atoms with Crippen molar-refractivity contribution in [1.29, 1.82) is 0 Å². The van der Waals surface area contributed by atoms with E-state index < -0.39 is 46.4 Å². The molecular formula is C29H33F5N2O5. The molecule has 2 aromatic rings. The minimum Gasteiger partial charge on any atom is -0.489 e. The van der Waals surface area contributed by atoms with Crippen molar-refractivity contribution in [3.05, 3.63) is 64.7 Å². The molecule has 2 saturated heterocycles. The third-order valence-electron chi connectivity index (χ3n) is 7.64. The van der Waals surface area contributed by atoms with Gasteiger partial charge >= 0.3 is 12.1 Å². The number of benzene rings is 2. The van der Waals surface area contributed by atoms with Crippen LogP contribution in [0.1, 0.15) is 66.9 Å². The molecule has 0 bridgehead atoms. The van der Waals surface area contributed by atoms with Crippen molar-refractivity contribution in [1.82, 2.24) is 10.2 Å². The van der Waals surface area contributed by atoms with Crippen LogP contribution in [0.3, 0.4) is 0 Å². The molecule has 12 heteroatoms. The minimum atomic E-state index is -4.70. The second kappa shape index (κ2) is 12.7. The maximum absolute atomic E-state index is 13.8. The number of nitrogens with zero attached hydrogens (tertiary/aromatic N) is 1. The lowest BCUT2D eigenvalue weighted by Crippen LogP contribution is -2.57. The fourth-order valence-corrected chi connectivity index (χ4v) is 5.58. The predicted octanol–water partition coefficient (Wildman–Crippen LogP) is 5.56. The van der Waals surface area contributed by atoms with Crippen molar-refractivity contribution in [2.75, 3.05) is 19.7 Å². The zero-order chi connectivity index (χ0) is 29.8. The van der Waals surface area contributed by atoms with Gasteiger partial charge in [-0.25, -0.2) is 13.6 Å². The fourth-order valence-electron chi connectivity index (χ4n) is 5.58. The van der Waals surface area contributed by atoms with E-state index in [0.717, 1.165) is 37.6 Å². The average molecular weight is 585 g/mol. The summed E-state index contributed by atoms with van der Waals surface area (Å²) in [7, 11) is 0. The number of carboxylic acids is 1. The highest BCUT2D eigenvalue weighted by Crippen LogP contribution is 2.34.